The minimum atomic E-state index is 0.167. The fourth-order valence-corrected chi connectivity index (χ4v) is 2.95. The zero-order chi connectivity index (χ0) is 13.1. The lowest BCUT2D eigenvalue weighted by molar-refractivity contribution is 0.111. The fourth-order valence-electron chi connectivity index (χ4n) is 2.01. The first-order valence-electron chi connectivity index (χ1n) is 6.10. The molecule has 7 heteroatoms. The predicted molar refractivity (Wildman–Crippen MR) is 70.7 cm³/mol. The average molecular weight is 275 g/mol. The van der Waals surface area contributed by atoms with Gasteiger partial charge in [0.25, 0.3) is 0 Å². The van der Waals surface area contributed by atoms with E-state index in [1.54, 1.807) is 11.3 Å². The number of nitrogens with one attached hydrogen (secondary N) is 2. The highest BCUT2D eigenvalue weighted by atomic mass is 32.1. The van der Waals surface area contributed by atoms with E-state index >= 15 is 0 Å². The molecule has 0 amide bonds. The highest BCUT2D eigenvalue weighted by Gasteiger charge is 2.20. The Labute approximate surface area is 114 Å². The second-order valence-electron chi connectivity index (χ2n) is 4.29. The summed E-state index contributed by atoms with van der Waals surface area (Å²) in [5, 5.41) is 19.7. The summed E-state index contributed by atoms with van der Waals surface area (Å²) in [6, 6.07) is 2.07. The van der Waals surface area contributed by atoms with Crippen molar-refractivity contribution in [2.75, 3.05) is 11.9 Å². The second kappa shape index (κ2) is 5.38. The normalized spacial score (nSPS) is 18.4. The van der Waals surface area contributed by atoms with Gasteiger partial charge in [0.1, 0.15) is 28.6 Å². The summed E-state index contributed by atoms with van der Waals surface area (Å²) in [5.41, 5.74) is 0.517. The Balaban J connectivity index is 1.63. The smallest absolute Gasteiger partial charge is 0.139 e. The van der Waals surface area contributed by atoms with Crippen LogP contribution >= 0.6 is 11.3 Å². The van der Waals surface area contributed by atoms with Crippen LogP contribution in [0.25, 0.3) is 0 Å². The maximum Gasteiger partial charge on any atom is 0.139 e. The first-order chi connectivity index (χ1) is 9.36. The van der Waals surface area contributed by atoms with Crippen molar-refractivity contribution < 1.29 is 4.74 Å². The fraction of sp³-hybridized carbons (Fsp3) is 0.417. The maximum atomic E-state index is 8.88. The molecular weight excluding hydrogens is 262 g/mol. The van der Waals surface area contributed by atoms with Gasteiger partial charge in [-0.25, -0.2) is 4.98 Å². The van der Waals surface area contributed by atoms with Gasteiger partial charge in [-0.05, 0) is 12.8 Å². The molecule has 6 nitrogen and oxygen atoms in total. The van der Waals surface area contributed by atoms with E-state index in [1.165, 1.54) is 6.20 Å². The van der Waals surface area contributed by atoms with E-state index in [4.69, 9.17) is 10.00 Å². The van der Waals surface area contributed by atoms with Crippen molar-refractivity contribution in [3.63, 3.8) is 0 Å². The molecule has 1 aliphatic rings. The number of nitrogens with zero attached hydrogens (tertiary/aromatic N) is 3. The summed E-state index contributed by atoms with van der Waals surface area (Å²) < 4.78 is 5.61. The largest absolute Gasteiger partial charge is 0.371 e. The van der Waals surface area contributed by atoms with Crippen LogP contribution in [-0.2, 0) is 11.3 Å². The molecule has 3 heterocycles. The number of aromatic nitrogens is 3. The van der Waals surface area contributed by atoms with Gasteiger partial charge in [-0.15, -0.1) is 11.3 Å². The van der Waals surface area contributed by atoms with E-state index < -0.39 is 0 Å². The van der Waals surface area contributed by atoms with Gasteiger partial charge in [-0.3, -0.25) is 5.10 Å². The standard InChI is InChI=1S/C12H13N5OS/c13-4-8-5-16-17-11(8)14-6-9-7-15-12(19-9)10-2-1-3-18-10/h5,7,10H,1-3,6H2,(H2,14,16,17). The number of rotatable bonds is 4. The monoisotopic (exact) mass is 275 g/mol. The lowest BCUT2D eigenvalue weighted by Crippen LogP contribution is -1.99. The van der Waals surface area contributed by atoms with Gasteiger partial charge >= 0.3 is 0 Å². The molecule has 0 saturated carbocycles. The van der Waals surface area contributed by atoms with E-state index in [0.29, 0.717) is 17.9 Å². The molecule has 3 rings (SSSR count). The quantitative estimate of drug-likeness (QED) is 0.893. The molecule has 1 aliphatic heterocycles. The maximum absolute atomic E-state index is 8.88. The van der Waals surface area contributed by atoms with Crippen LogP contribution in [0.4, 0.5) is 5.82 Å². The topological polar surface area (TPSA) is 86.6 Å². The molecule has 1 unspecified atom stereocenters. The van der Waals surface area contributed by atoms with E-state index in [9.17, 15) is 0 Å². The van der Waals surface area contributed by atoms with Crippen LogP contribution in [0.5, 0.6) is 0 Å². The molecule has 0 aromatic carbocycles. The number of ether oxygens (including phenoxy) is 1. The van der Waals surface area contributed by atoms with Gasteiger partial charge in [0.05, 0.1) is 12.7 Å². The van der Waals surface area contributed by atoms with Crippen LogP contribution < -0.4 is 5.32 Å². The van der Waals surface area contributed by atoms with Gasteiger partial charge in [-0.1, -0.05) is 0 Å². The number of thiazole rings is 1. The van der Waals surface area contributed by atoms with Crippen LogP contribution in [-0.4, -0.2) is 21.8 Å². The molecule has 98 valence electrons. The van der Waals surface area contributed by atoms with Crippen molar-refractivity contribution in [2.24, 2.45) is 0 Å². The van der Waals surface area contributed by atoms with Crippen LogP contribution in [0.15, 0.2) is 12.4 Å². The Kier molecular flexibility index (Phi) is 3.44. The summed E-state index contributed by atoms with van der Waals surface area (Å²) >= 11 is 1.65. The van der Waals surface area contributed by atoms with E-state index in [0.717, 1.165) is 29.3 Å². The Morgan fingerprint density at radius 2 is 2.53 bits per heavy atom. The highest BCUT2D eigenvalue weighted by molar-refractivity contribution is 7.11. The summed E-state index contributed by atoms with van der Waals surface area (Å²) in [6.45, 7) is 1.46. The first-order valence-corrected chi connectivity index (χ1v) is 6.92. The lowest BCUT2D eigenvalue weighted by atomic mass is 10.2. The van der Waals surface area contributed by atoms with Crippen LogP contribution in [0.2, 0.25) is 0 Å². The highest BCUT2D eigenvalue weighted by Crippen LogP contribution is 2.31. The Bertz CT molecular complexity index is 593. The van der Waals surface area contributed by atoms with Crippen LogP contribution in [0, 0.1) is 11.3 Å². The molecule has 1 atom stereocenters. The van der Waals surface area contributed by atoms with Crippen molar-refractivity contribution in [3.05, 3.63) is 27.8 Å². The molecule has 19 heavy (non-hydrogen) atoms. The molecule has 1 fully saturated rings. The average Bonchev–Trinajstić information content (AvgIpc) is 3.16. The van der Waals surface area contributed by atoms with Crippen molar-refractivity contribution in [1.82, 2.24) is 15.2 Å². The third-order valence-electron chi connectivity index (χ3n) is 2.98. The van der Waals surface area contributed by atoms with Gasteiger partial charge in [0.15, 0.2) is 0 Å². The van der Waals surface area contributed by atoms with Gasteiger partial charge < -0.3 is 10.1 Å². The Morgan fingerprint density at radius 1 is 1.58 bits per heavy atom. The van der Waals surface area contributed by atoms with Crippen molar-refractivity contribution >= 4 is 17.2 Å². The number of anilines is 1. The minimum absolute atomic E-state index is 0.167. The molecule has 0 bridgehead atoms. The molecule has 0 spiro atoms. The lowest BCUT2D eigenvalue weighted by Gasteiger charge is -2.03. The van der Waals surface area contributed by atoms with Crippen molar-refractivity contribution in [3.8, 4) is 6.07 Å². The van der Waals surface area contributed by atoms with E-state index in [2.05, 4.69) is 26.6 Å². The first kappa shape index (κ1) is 12.1. The van der Waals surface area contributed by atoms with E-state index in [-0.39, 0.29) is 6.10 Å². The van der Waals surface area contributed by atoms with Crippen molar-refractivity contribution in [2.45, 2.75) is 25.5 Å². The van der Waals surface area contributed by atoms with E-state index in [1.807, 2.05) is 6.20 Å². The molecule has 2 aromatic heterocycles. The number of hydrogen-bond donors (Lipinski definition) is 2. The number of nitriles is 1. The molecule has 2 N–H and O–H groups in total. The summed E-state index contributed by atoms with van der Waals surface area (Å²) in [6.07, 6.45) is 5.70. The molecular formula is C12H13N5OS. The number of H-pyrrole nitrogens is 1. The molecule has 0 aliphatic carbocycles. The number of hydrogen-bond acceptors (Lipinski definition) is 6. The zero-order valence-electron chi connectivity index (χ0n) is 10.2. The summed E-state index contributed by atoms with van der Waals surface area (Å²) in [5.74, 6) is 0.648. The summed E-state index contributed by atoms with van der Waals surface area (Å²) in [4.78, 5) is 5.52. The minimum Gasteiger partial charge on any atom is -0.371 e. The predicted octanol–water partition coefficient (Wildman–Crippen LogP) is 2.20. The van der Waals surface area contributed by atoms with Gasteiger partial charge in [0.2, 0.25) is 0 Å². The molecule has 0 radical (unpaired) electrons. The van der Waals surface area contributed by atoms with Crippen molar-refractivity contribution in [1.29, 1.82) is 5.26 Å². The third-order valence-corrected chi connectivity index (χ3v) is 4.07. The SMILES string of the molecule is N#Cc1cn[nH]c1NCc1cnc(C2CCCO2)s1. The van der Waals surface area contributed by atoms with Crippen LogP contribution in [0.1, 0.15) is 34.4 Å². The van der Waals surface area contributed by atoms with Crippen LogP contribution in [0.3, 0.4) is 0 Å². The molecule has 1 saturated heterocycles. The van der Waals surface area contributed by atoms with Gasteiger partial charge in [0, 0.05) is 17.7 Å². The Morgan fingerprint density at radius 3 is 3.32 bits per heavy atom. The second-order valence-corrected chi connectivity index (χ2v) is 5.44. The Hall–Kier alpha value is -1.91. The molecule has 2 aromatic rings. The third kappa shape index (κ3) is 2.59. The summed E-state index contributed by atoms with van der Waals surface area (Å²) in [7, 11) is 0. The van der Waals surface area contributed by atoms with Gasteiger partial charge in [-0.2, -0.15) is 10.4 Å². The number of aromatic amines is 1. The zero-order valence-corrected chi connectivity index (χ0v) is 11.0.